The zero-order valence-corrected chi connectivity index (χ0v) is 21.1. The number of hydrogen-bond acceptors (Lipinski definition) is 3. The molecular formula is C32H31NO3. The van der Waals surface area contributed by atoms with Gasteiger partial charge >= 0.3 is 5.97 Å². The van der Waals surface area contributed by atoms with Crippen molar-refractivity contribution in [1.82, 2.24) is 4.57 Å². The highest BCUT2D eigenvalue weighted by atomic mass is 16.5. The lowest BCUT2D eigenvalue weighted by atomic mass is 9.86. The summed E-state index contributed by atoms with van der Waals surface area (Å²) in [5.41, 5.74) is 6.83. The maximum atomic E-state index is 12.9. The first-order valence-electron chi connectivity index (χ1n) is 12.4. The summed E-state index contributed by atoms with van der Waals surface area (Å²) in [7, 11) is 0. The number of esters is 1. The number of ether oxygens (including phenoxy) is 2. The minimum absolute atomic E-state index is 0.0778. The lowest BCUT2D eigenvalue weighted by molar-refractivity contribution is -0.136. The lowest BCUT2D eigenvalue weighted by Crippen LogP contribution is -2.16. The van der Waals surface area contributed by atoms with Crippen LogP contribution in [0.3, 0.4) is 0 Å². The van der Waals surface area contributed by atoms with E-state index in [1.54, 1.807) is 0 Å². The van der Waals surface area contributed by atoms with E-state index in [0.29, 0.717) is 12.2 Å². The van der Waals surface area contributed by atoms with Crippen molar-refractivity contribution in [2.24, 2.45) is 5.41 Å². The molecule has 1 aliphatic heterocycles. The summed E-state index contributed by atoms with van der Waals surface area (Å²) in [6.07, 6.45) is 0.912. The monoisotopic (exact) mass is 477 g/mol. The average molecular weight is 478 g/mol. The fourth-order valence-electron chi connectivity index (χ4n) is 5.10. The molecule has 0 spiro atoms. The fourth-order valence-corrected chi connectivity index (χ4v) is 5.10. The maximum absolute atomic E-state index is 12.9. The molecule has 0 N–H and O–H groups in total. The molecule has 36 heavy (non-hydrogen) atoms. The molecule has 2 heterocycles. The first kappa shape index (κ1) is 23.7. The van der Waals surface area contributed by atoms with Crippen molar-refractivity contribution >= 4 is 11.5 Å². The highest BCUT2D eigenvalue weighted by molar-refractivity contribution is 6.18. The molecule has 0 saturated carbocycles. The Morgan fingerprint density at radius 1 is 0.861 bits per heavy atom. The summed E-state index contributed by atoms with van der Waals surface area (Å²) in [6, 6.07) is 28.2. The smallest absolute Gasteiger partial charge is 0.339 e. The fraction of sp³-hybridized carbons (Fsp3) is 0.219. The van der Waals surface area contributed by atoms with Gasteiger partial charge in [-0.1, -0.05) is 81.1 Å². The van der Waals surface area contributed by atoms with Crippen LogP contribution in [0.4, 0.5) is 0 Å². The van der Waals surface area contributed by atoms with Crippen LogP contribution >= 0.6 is 0 Å². The molecule has 1 aliphatic rings. The number of benzene rings is 3. The standard InChI is InChI=1S/C32H31NO3/c1-5-35-31(34)22(2)30-29(24-16-18-26(19-17-24)36-25-14-10-7-11-15-25)28(23-12-8-6-9-13-23)27-20-32(3,4)21-33(27)30/h6-19H,2,5,20-21H2,1,3-4H3. The summed E-state index contributed by atoms with van der Waals surface area (Å²) >= 11 is 0. The van der Waals surface area contributed by atoms with Crippen molar-refractivity contribution < 1.29 is 14.3 Å². The third-order valence-electron chi connectivity index (χ3n) is 6.60. The second-order valence-electron chi connectivity index (χ2n) is 9.98. The predicted molar refractivity (Wildman–Crippen MR) is 145 cm³/mol. The van der Waals surface area contributed by atoms with Crippen LogP contribution < -0.4 is 4.74 Å². The average Bonchev–Trinajstić information content (AvgIpc) is 3.35. The molecule has 0 unspecified atom stereocenters. The van der Waals surface area contributed by atoms with Gasteiger partial charge in [-0.25, -0.2) is 4.79 Å². The number of hydrogen-bond donors (Lipinski definition) is 0. The van der Waals surface area contributed by atoms with E-state index in [-0.39, 0.29) is 11.4 Å². The van der Waals surface area contributed by atoms with Gasteiger partial charge in [0.15, 0.2) is 0 Å². The van der Waals surface area contributed by atoms with Crippen LogP contribution in [0.25, 0.3) is 27.8 Å². The second kappa shape index (κ2) is 9.54. The number of nitrogens with zero attached hydrogens (tertiary/aromatic N) is 1. The SMILES string of the molecule is C=C(C(=O)OCC)c1c(-c2ccc(Oc3ccccc3)cc2)c(-c2ccccc2)c2n1CC(C)(C)C2. The molecular weight excluding hydrogens is 446 g/mol. The molecule has 5 rings (SSSR count). The van der Waals surface area contributed by atoms with Crippen LogP contribution in [-0.2, 0) is 22.5 Å². The molecule has 0 fully saturated rings. The van der Waals surface area contributed by atoms with Gasteiger partial charge in [-0.05, 0) is 54.2 Å². The van der Waals surface area contributed by atoms with Crippen LogP contribution in [-0.4, -0.2) is 17.1 Å². The molecule has 0 amide bonds. The van der Waals surface area contributed by atoms with E-state index < -0.39 is 0 Å². The first-order valence-corrected chi connectivity index (χ1v) is 12.4. The summed E-state index contributed by atoms with van der Waals surface area (Å²) in [5, 5.41) is 0. The Hall–Kier alpha value is -4.05. The summed E-state index contributed by atoms with van der Waals surface area (Å²) in [5.74, 6) is 1.16. The van der Waals surface area contributed by atoms with E-state index in [1.165, 1.54) is 5.69 Å². The normalized spacial score (nSPS) is 13.8. The Balaban J connectivity index is 1.68. The Labute approximate surface area is 212 Å². The molecule has 3 aromatic carbocycles. The van der Waals surface area contributed by atoms with Crippen LogP contribution in [0.2, 0.25) is 0 Å². The van der Waals surface area contributed by atoms with Gasteiger partial charge in [-0.2, -0.15) is 0 Å². The highest BCUT2D eigenvalue weighted by Crippen LogP contribution is 2.48. The van der Waals surface area contributed by atoms with Crippen molar-refractivity contribution in [2.75, 3.05) is 6.61 Å². The summed E-state index contributed by atoms with van der Waals surface area (Å²) in [6.45, 7) is 11.7. The van der Waals surface area contributed by atoms with Crippen molar-refractivity contribution in [3.8, 4) is 33.8 Å². The summed E-state index contributed by atoms with van der Waals surface area (Å²) < 4.78 is 13.7. The number of carbonyl (C=O) groups excluding carboxylic acids is 1. The number of carbonyl (C=O) groups is 1. The number of aromatic nitrogens is 1. The molecule has 182 valence electrons. The Morgan fingerprint density at radius 2 is 1.44 bits per heavy atom. The van der Waals surface area contributed by atoms with E-state index in [1.807, 2.05) is 55.5 Å². The van der Waals surface area contributed by atoms with Gasteiger partial charge in [0.25, 0.3) is 0 Å². The van der Waals surface area contributed by atoms with Gasteiger partial charge in [0.05, 0.1) is 17.9 Å². The lowest BCUT2D eigenvalue weighted by Gasteiger charge is -2.19. The molecule has 4 aromatic rings. The van der Waals surface area contributed by atoms with Gasteiger partial charge in [-0.15, -0.1) is 0 Å². The largest absolute Gasteiger partial charge is 0.462 e. The molecule has 4 nitrogen and oxygen atoms in total. The zero-order chi connectivity index (χ0) is 25.3. The molecule has 0 saturated heterocycles. The van der Waals surface area contributed by atoms with Crippen LogP contribution in [0.5, 0.6) is 11.5 Å². The van der Waals surface area contributed by atoms with Gasteiger partial charge in [0.1, 0.15) is 11.5 Å². The molecule has 1 aromatic heterocycles. The van der Waals surface area contributed by atoms with Crippen LogP contribution in [0, 0.1) is 5.41 Å². The summed E-state index contributed by atoms with van der Waals surface area (Å²) in [4.78, 5) is 12.9. The highest BCUT2D eigenvalue weighted by Gasteiger charge is 2.37. The van der Waals surface area contributed by atoms with E-state index in [9.17, 15) is 4.79 Å². The first-order chi connectivity index (χ1) is 17.4. The van der Waals surface area contributed by atoms with E-state index in [0.717, 1.165) is 52.4 Å². The molecule has 0 bridgehead atoms. The molecule has 4 heteroatoms. The van der Waals surface area contributed by atoms with E-state index in [2.05, 4.69) is 61.4 Å². The zero-order valence-electron chi connectivity index (χ0n) is 21.1. The number of rotatable bonds is 7. The minimum atomic E-state index is -0.382. The van der Waals surface area contributed by atoms with Gasteiger partial charge in [0.2, 0.25) is 0 Å². The van der Waals surface area contributed by atoms with E-state index in [4.69, 9.17) is 9.47 Å². The third kappa shape index (κ3) is 4.47. The molecule has 0 atom stereocenters. The molecule has 0 radical (unpaired) electrons. The second-order valence-corrected chi connectivity index (χ2v) is 9.98. The Morgan fingerprint density at radius 3 is 2.08 bits per heavy atom. The Kier molecular flexibility index (Phi) is 6.27. The van der Waals surface area contributed by atoms with Crippen molar-refractivity contribution in [3.63, 3.8) is 0 Å². The van der Waals surface area contributed by atoms with Gasteiger partial charge < -0.3 is 14.0 Å². The van der Waals surface area contributed by atoms with Gasteiger partial charge in [0, 0.05) is 23.4 Å². The van der Waals surface area contributed by atoms with Crippen LogP contribution in [0.15, 0.2) is 91.5 Å². The topological polar surface area (TPSA) is 40.5 Å². The van der Waals surface area contributed by atoms with E-state index >= 15 is 0 Å². The number of fused-ring (bicyclic) bond motifs is 1. The quantitative estimate of drug-likeness (QED) is 0.202. The van der Waals surface area contributed by atoms with Crippen molar-refractivity contribution in [1.29, 1.82) is 0 Å². The maximum Gasteiger partial charge on any atom is 0.339 e. The Bertz CT molecular complexity index is 1400. The van der Waals surface area contributed by atoms with Gasteiger partial charge in [-0.3, -0.25) is 0 Å². The minimum Gasteiger partial charge on any atom is -0.462 e. The molecule has 0 aliphatic carbocycles. The third-order valence-corrected chi connectivity index (χ3v) is 6.60. The number of para-hydroxylation sites is 1. The van der Waals surface area contributed by atoms with Crippen molar-refractivity contribution in [2.45, 2.75) is 33.7 Å². The van der Waals surface area contributed by atoms with Crippen LogP contribution in [0.1, 0.15) is 32.2 Å². The van der Waals surface area contributed by atoms with Crippen molar-refractivity contribution in [3.05, 3.63) is 103 Å². The predicted octanol–water partition coefficient (Wildman–Crippen LogP) is 7.77.